The second-order valence-electron chi connectivity index (χ2n) is 7.99. The molecule has 3 aromatic rings. The zero-order valence-electron chi connectivity index (χ0n) is 18.3. The van der Waals surface area contributed by atoms with Gasteiger partial charge in [-0.05, 0) is 60.4 Å². The summed E-state index contributed by atoms with van der Waals surface area (Å²) in [5, 5.41) is -1.11. The van der Waals surface area contributed by atoms with E-state index in [1.165, 1.54) is 24.3 Å². The Morgan fingerprint density at radius 3 is 2.21 bits per heavy atom. The van der Waals surface area contributed by atoms with Gasteiger partial charge in [-0.3, -0.25) is 0 Å². The average Bonchev–Trinajstić information content (AvgIpc) is 2.76. The van der Waals surface area contributed by atoms with Gasteiger partial charge in [-0.15, -0.1) is 0 Å². The molecule has 2 atom stereocenters. The molecule has 0 saturated carbocycles. The van der Waals surface area contributed by atoms with Crippen molar-refractivity contribution in [2.24, 2.45) is 5.92 Å². The van der Waals surface area contributed by atoms with Crippen LogP contribution in [0.2, 0.25) is 5.02 Å². The van der Waals surface area contributed by atoms with Crippen molar-refractivity contribution >= 4 is 31.5 Å². The molecule has 3 aromatic carbocycles. The zero-order valence-corrected chi connectivity index (χ0v) is 20.7. The molecule has 0 bridgehead atoms. The summed E-state index contributed by atoms with van der Waals surface area (Å²) in [6, 6.07) is 16.7. The van der Waals surface area contributed by atoms with E-state index in [0.29, 0.717) is 10.6 Å². The first kappa shape index (κ1) is 26.3. The maximum atomic E-state index is 14.7. The van der Waals surface area contributed by atoms with Crippen molar-refractivity contribution in [3.63, 3.8) is 0 Å². The Labute approximate surface area is 203 Å². The molecule has 0 heterocycles. The van der Waals surface area contributed by atoms with Gasteiger partial charge in [0.25, 0.3) is 0 Å². The van der Waals surface area contributed by atoms with Gasteiger partial charge < -0.3 is 0 Å². The minimum Gasteiger partial charge on any atom is -0.223 e. The topological polar surface area (TPSA) is 80.3 Å². The lowest BCUT2D eigenvalue weighted by molar-refractivity contribution is 0.465. The van der Waals surface area contributed by atoms with Gasteiger partial charge in [0, 0.05) is 17.1 Å². The monoisotopic (exact) mass is 527 g/mol. The minimum absolute atomic E-state index is 0.0695. The SMILES string of the molecule is CC(CCNS(=O)(=O)Cc1ccccc1)C(c1cc(F)ccc1F)S(=O)(=O)c1ccc(Cl)cc1. The first-order valence-corrected chi connectivity index (χ1v) is 14.0. The van der Waals surface area contributed by atoms with Crippen molar-refractivity contribution in [2.75, 3.05) is 6.54 Å². The van der Waals surface area contributed by atoms with E-state index in [1.807, 2.05) is 0 Å². The molecule has 0 saturated heterocycles. The zero-order chi connectivity index (χ0) is 24.9. The lowest BCUT2D eigenvalue weighted by Crippen LogP contribution is -2.29. The summed E-state index contributed by atoms with van der Waals surface area (Å²) < 4.78 is 82.9. The normalized spacial score (nSPS) is 14.0. The Balaban J connectivity index is 1.84. The third-order valence-corrected chi connectivity index (χ3v) is 9.30. The van der Waals surface area contributed by atoms with Crippen LogP contribution >= 0.6 is 11.6 Å². The number of nitrogens with one attached hydrogen (secondary N) is 1. The first-order valence-electron chi connectivity index (χ1n) is 10.5. The number of benzene rings is 3. The molecular weight excluding hydrogens is 504 g/mol. The standard InChI is InChI=1S/C24H24ClF2NO4S2/c1-17(13-14-28-33(29,30)16-18-5-3-2-4-6-18)24(22-15-20(26)9-12-23(22)27)34(31,32)21-10-7-19(25)8-11-21/h2-12,15,17,24,28H,13-14,16H2,1H3. The summed E-state index contributed by atoms with van der Waals surface area (Å²) in [6.07, 6.45) is 0.0709. The van der Waals surface area contributed by atoms with Gasteiger partial charge >= 0.3 is 0 Å². The molecule has 3 rings (SSSR count). The van der Waals surface area contributed by atoms with Crippen molar-refractivity contribution < 1.29 is 25.6 Å². The van der Waals surface area contributed by atoms with Crippen LogP contribution in [0.15, 0.2) is 77.7 Å². The van der Waals surface area contributed by atoms with Crippen LogP contribution in [0.3, 0.4) is 0 Å². The maximum Gasteiger partial charge on any atom is 0.215 e. The highest BCUT2D eigenvalue weighted by atomic mass is 35.5. The van der Waals surface area contributed by atoms with Crippen molar-refractivity contribution in [1.29, 1.82) is 0 Å². The third-order valence-electron chi connectivity index (χ3n) is 5.38. The number of halogens is 3. The molecule has 0 aliphatic carbocycles. The quantitative estimate of drug-likeness (QED) is 0.389. The number of sulfonamides is 1. The van der Waals surface area contributed by atoms with Crippen molar-refractivity contribution in [3.8, 4) is 0 Å². The maximum absolute atomic E-state index is 14.7. The largest absolute Gasteiger partial charge is 0.223 e. The van der Waals surface area contributed by atoms with Gasteiger partial charge in [0.15, 0.2) is 9.84 Å². The van der Waals surface area contributed by atoms with E-state index in [9.17, 15) is 25.6 Å². The van der Waals surface area contributed by atoms with Gasteiger partial charge in [-0.25, -0.2) is 30.3 Å². The Morgan fingerprint density at radius 1 is 0.912 bits per heavy atom. The van der Waals surface area contributed by atoms with Crippen LogP contribution in [-0.2, 0) is 25.6 Å². The van der Waals surface area contributed by atoms with Crippen LogP contribution < -0.4 is 4.72 Å². The van der Waals surface area contributed by atoms with E-state index in [2.05, 4.69) is 4.72 Å². The third kappa shape index (κ3) is 6.63. The van der Waals surface area contributed by atoms with Gasteiger partial charge in [0.1, 0.15) is 11.6 Å². The summed E-state index contributed by atoms with van der Waals surface area (Å²) in [6.45, 7) is 1.49. The molecule has 182 valence electrons. The summed E-state index contributed by atoms with van der Waals surface area (Å²) in [7, 11) is -7.84. The van der Waals surface area contributed by atoms with Crippen molar-refractivity contribution in [1.82, 2.24) is 4.72 Å². The fourth-order valence-electron chi connectivity index (χ4n) is 3.72. The molecule has 0 aliphatic rings. The second kappa shape index (κ2) is 10.9. The fraction of sp³-hybridized carbons (Fsp3) is 0.250. The highest BCUT2D eigenvalue weighted by Gasteiger charge is 2.36. The van der Waals surface area contributed by atoms with E-state index in [1.54, 1.807) is 37.3 Å². The molecule has 0 spiro atoms. The molecule has 5 nitrogen and oxygen atoms in total. The Kier molecular flexibility index (Phi) is 8.46. The van der Waals surface area contributed by atoms with Crippen LogP contribution in [0.4, 0.5) is 8.78 Å². The van der Waals surface area contributed by atoms with Crippen LogP contribution in [-0.4, -0.2) is 23.4 Å². The van der Waals surface area contributed by atoms with Crippen molar-refractivity contribution in [3.05, 3.63) is 101 Å². The molecule has 0 fully saturated rings. The second-order valence-corrected chi connectivity index (χ2v) is 12.3. The molecule has 10 heteroatoms. The Hall–Kier alpha value is -2.33. The first-order chi connectivity index (χ1) is 16.0. The van der Waals surface area contributed by atoms with Crippen LogP contribution in [0.25, 0.3) is 0 Å². The summed E-state index contributed by atoms with van der Waals surface area (Å²) in [5.74, 6) is -2.62. The van der Waals surface area contributed by atoms with E-state index in [4.69, 9.17) is 11.6 Å². The van der Waals surface area contributed by atoms with Gasteiger partial charge in [-0.2, -0.15) is 0 Å². The Bertz CT molecular complexity index is 1330. The predicted molar refractivity (Wildman–Crippen MR) is 129 cm³/mol. The van der Waals surface area contributed by atoms with Crippen LogP contribution in [0.1, 0.15) is 29.7 Å². The van der Waals surface area contributed by atoms with Crippen LogP contribution in [0.5, 0.6) is 0 Å². The van der Waals surface area contributed by atoms with Gasteiger partial charge in [0.2, 0.25) is 10.0 Å². The van der Waals surface area contributed by atoms with E-state index >= 15 is 0 Å². The molecule has 2 unspecified atom stereocenters. The molecule has 0 radical (unpaired) electrons. The fourth-order valence-corrected chi connectivity index (χ4v) is 7.08. The molecule has 0 aromatic heterocycles. The summed E-state index contributed by atoms with van der Waals surface area (Å²) >= 11 is 5.87. The molecule has 34 heavy (non-hydrogen) atoms. The minimum atomic E-state index is -4.17. The van der Waals surface area contributed by atoms with E-state index < -0.39 is 42.7 Å². The number of rotatable bonds is 10. The molecule has 0 aliphatic heterocycles. The number of hydrogen-bond donors (Lipinski definition) is 1. The Morgan fingerprint density at radius 2 is 1.56 bits per heavy atom. The smallest absolute Gasteiger partial charge is 0.215 e. The summed E-state index contributed by atoms with van der Waals surface area (Å²) in [5.41, 5.74) is 0.294. The van der Waals surface area contributed by atoms with Crippen molar-refractivity contribution in [2.45, 2.75) is 29.2 Å². The number of hydrogen-bond acceptors (Lipinski definition) is 4. The lowest BCUT2D eigenvalue weighted by Gasteiger charge is -2.25. The van der Waals surface area contributed by atoms with Gasteiger partial charge in [-0.1, -0.05) is 48.9 Å². The molecule has 1 N–H and O–H groups in total. The predicted octanol–water partition coefficient (Wildman–Crippen LogP) is 5.28. The lowest BCUT2D eigenvalue weighted by atomic mass is 9.97. The molecular formula is C24H24ClF2NO4S2. The molecule has 0 amide bonds. The highest BCUT2D eigenvalue weighted by molar-refractivity contribution is 7.91. The van der Waals surface area contributed by atoms with E-state index in [-0.39, 0.29) is 29.2 Å². The summed E-state index contributed by atoms with van der Waals surface area (Å²) in [4.78, 5) is -0.0953. The highest BCUT2D eigenvalue weighted by Crippen LogP contribution is 2.38. The number of sulfone groups is 1. The van der Waals surface area contributed by atoms with Crippen LogP contribution in [0, 0.1) is 17.6 Å². The van der Waals surface area contributed by atoms with E-state index in [0.717, 1.165) is 18.2 Å². The average molecular weight is 528 g/mol. The van der Waals surface area contributed by atoms with Gasteiger partial charge in [0.05, 0.1) is 15.9 Å².